The largest absolute Gasteiger partial charge is 0.390 e. The number of thiazole rings is 1. The van der Waals surface area contributed by atoms with Gasteiger partial charge in [-0.15, -0.1) is 11.3 Å². The summed E-state index contributed by atoms with van der Waals surface area (Å²) in [6, 6.07) is 7.17. The zero-order chi connectivity index (χ0) is 16.4. The number of nitrogens with zero attached hydrogens (tertiary/aromatic N) is 1. The molecule has 1 aliphatic rings. The van der Waals surface area contributed by atoms with E-state index in [1.807, 2.05) is 29.6 Å². The van der Waals surface area contributed by atoms with Crippen LogP contribution in [0.25, 0.3) is 0 Å². The summed E-state index contributed by atoms with van der Waals surface area (Å²) in [5.74, 6) is 0.388. The van der Waals surface area contributed by atoms with E-state index in [1.165, 1.54) is 0 Å². The first kappa shape index (κ1) is 16.0. The summed E-state index contributed by atoms with van der Waals surface area (Å²) in [7, 11) is 0. The Labute approximate surface area is 139 Å². The number of fused-ring (bicyclic) bond motifs is 1. The minimum Gasteiger partial charge on any atom is -0.390 e. The number of aliphatic hydroxyl groups excluding tert-OH is 1. The average molecular weight is 331 g/mol. The number of aliphatic hydroxyl groups is 1. The van der Waals surface area contributed by atoms with Gasteiger partial charge in [0.15, 0.2) is 0 Å². The predicted octanol–water partition coefficient (Wildman–Crippen LogP) is 2.72. The van der Waals surface area contributed by atoms with Gasteiger partial charge in [0.25, 0.3) is 0 Å². The van der Waals surface area contributed by atoms with Crippen molar-refractivity contribution in [1.82, 2.24) is 15.6 Å². The second-order valence-corrected chi connectivity index (χ2v) is 7.04. The maximum absolute atomic E-state index is 12.1. The number of hydrogen-bond donors (Lipinski definition) is 3. The third-order valence-corrected chi connectivity index (χ3v) is 4.92. The highest BCUT2D eigenvalue weighted by Gasteiger charge is 2.31. The van der Waals surface area contributed by atoms with Gasteiger partial charge in [-0.1, -0.05) is 38.1 Å². The van der Waals surface area contributed by atoms with Crippen LogP contribution in [0.1, 0.15) is 47.6 Å². The molecular weight excluding hydrogens is 310 g/mol. The second kappa shape index (κ2) is 6.68. The van der Waals surface area contributed by atoms with Crippen LogP contribution >= 0.6 is 11.3 Å². The predicted molar refractivity (Wildman–Crippen MR) is 90.5 cm³/mol. The van der Waals surface area contributed by atoms with Gasteiger partial charge in [-0.05, 0) is 17.0 Å². The molecule has 0 bridgehead atoms. The van der Waals surface area contributed by atoms with Crippen LogP contribution in [0.4, 0.5) is 4.79 Å². The van der Waals surface area contributed by atoms with Gasteiger partial charge in [-0.25, -0.2) is 9.78 Å². The van der Waals surface area contributed by atoms with Crippen molar-refractivity contribution in [2.75, 3.05) is 0 Å². The van der Waals surface area contributed by atoms with Crippen molar-refractivity contribution in [2.24, 2.45) is 0 Å². The van der Waals surface area contributed by atoms with Crippen molar-refractivity contribution in [2.45, 2.75) is 44.9 Å². The van der Waals surface area contributed by atoms with E-state index >= 15 is 0 Å². The lowest BCUT2D eigenvalue weighted by molar-refractivity contribution is 0.142. The Balaban J connectivity index is 1.57. The van der Waals surface area contributed by atoms with Crippen molar-refractivity contribution < 1.29 is 9.90 Å². The lowest BCUT2D eigenvalue weighted by Crippen LogP contribution is -2.40. The molecule has 1 aliphatic carbocycles. The fourth-order valence-electron chi connectivity index (χ4n) is 2.77. The molecule has 1 heterocycles. The maximum Gasteiger partial charge on any atom is 0.315 e. The summed E-state index contributed by atoms with van der Waals surface area (Å²) in [5.41, 5.74) is 3.13. The number of benzene rings is 1. The molecule has 3 rings (SSSR count). The van der Waals surface area contributed by atoms with Crippen LogP contribution in [0.2, 0.25) is 0 Å². The molecule has 122 valence electrons. The molecule has 1 aromatic carbocycles. The van der Waals surface area contributed by atoms with Crippen LogP contribution in [0.15, 0.2) is 29.6 Å². The van der Waals surface area contributed by atoms with Crippen LogP contribution in [0, 0.1) is 0 Å². The van der Waals surface area contributed by atoms with Gasteiger partial charge in [0.05, 0.1) is 24.4 Å². The number of carbonyl (C=O) groups is 1. The third-order valence-electron chi connectivity index (χ3n) is 4.05. The highest BCUT2D eigenvalue weighted by atomic mass is 32.1. The number of rotatable bonds is 4. The normalized spacial score (nSPS) is 19.7. The molecule has 6 heteroatoms. The molecule has 0 radical (unpaired) electrons. The van der Waals surface area contributed by atoms with Crippen molar-refractivity contribution >= 4 is 17.4 Å². The summed E-state index contributed by atoms with van der Waals surface area (Å²) in [5, 5.41) is 18.7. The van der Waals surface area contributed by atoms with E-state index in [1.54, 1.807) is 11.3 Å². The third kappa shape index (κ3) is 3.54. The first-order valence-electron chi connectivity index (χ1n) is 7.79. The van der Waals surface area contributed by atoms with Crippen LogP contribution in [0.3, 0.4) is 0 Å². The van der Waals surface area contributed by atoms with Gasteiger partial charge < -0.3 is 15.7 Å². The highest BCUT2D eigenvalue weighted by molar-refractivity contribution is 7.09. The number of aromatic nitrogens is 1. The molecule has 3 N–H and O–H groups in total. The number of urea groups is 1. The Hall–Kier alpha value is -1.92. The molecule has 0 spiro atoms. The lowest BCUT2D eigenvalue weighted by Gasteiger charge is -2.18. The summed E-state index contributed by atoms with van der Waals surface area (Å²) in [6.07, 6.45) is -0.00344. The zero-order valence-electron chi connectivity index (χ0n) is 13.2. The molecule has 2 amide bonds. The molecular formula is C17H21N3O2S. The molecule has 23 heavy (non-hydrogen) atoms. The first-order valence-corrected chi connectivity index (χ1v) is 8.67. The van der Waals surface area contributed by atoms with E-state index in [9.17, 15) is 9.90 Å². The van der Waals surface area contributed by atoms with Gasteiger partial charge in [0.1, 0.15) is 5.01 Å². The Morgan fingerprint density at radius 3 is 2.96 bits per heavy atom. The molecule has 5 nitrogen and oxygen atoms in total. The minimum absolute atomic E-state index is 0.285. The molecule has 0 saturated heterocycles. The van der Waals surface area contributed by atoms with Crippen molar-refractivity contribution in [3.05, 3.63) is 51.5 Å². The van der Waals surface area contributed by atoms with Crippen LogP contribution in [-0.4, -0.2) is 22.2 Å². The van der Waals surface area contributed by atoms with Gasteiger partial charge in [-0.2, -0.15) is 0 Å². The van der Waals surface area contributed by atoms with E-state index in [2.05, 4.69) is 29.5 Å². The molecule has 2 aromatic rings. The van der Waals surface area contributed by atoms with Crippen molar-refractivity contribution in [1.29, 1.82) is 0 Å². The number of carbonyl (C=O) groups excluding carboxylic acids is 1. The van der Waals surface area contributed by atoms with Crippen molar-refractivity contribution in [3.63, 3.8) is 0 Å². The molecule has 1 aromatic heterocycles. The minimum atomic E-state index is -0.578. The topological polar surface area (TPSA) is 74.2 Å². The Morgan fingerprint density at radius 2 is 2.22 bits per heavy atom. The van der Waals surface area contributed by atoms with Crippen molar-refractivity contribution in [3.8, 4) is 0 Å². The summed E-state index contributed by atoms with van der Waals surface area (Å²) < 4.78 is 0. The first-order chi connectivity index (χ1) is 11.0. The Morgan fingerprint density at radius 1 is 1.43 bits per heavy atom. The van der Waals surface area contributed by atoms with Crippen LogP contribution in [0.5, 0.6) is 0 Å². The number of amides is 2. The number of nitrogens with one attached hydrogen (secondary N) is 2. The number of hydrogen-bond acceptors (Lipinski definition) is 4. The van der Waals surface area contributed by atoms with E-state index in [4.69, 9.17) is 0 Å². The Kier molecular flexibility index (Phi) is 4.63. The van der Waals surface area contributed by atoms with Gasteiger partial charge in [0, 0.05) is 11.8 Å². The SMILES string of the molecule is CC(C)c1csc(CNC(=O)NC2c3ccccc3CC2O)n1. The van der Waals surface area contributed by atoms with Crippen LogP contribution in [-0.2, 0) is 13.0 Å². The summed E-state index contributed by atoms with van der Waals surface area (Å²) in [4.78, 5) is 16.6. The Bertz CT molecular complexity index is 699. The fourth-order valence-corrected chi connectivity index (χ4v) is 3.66. The average Bonchev–Trinajstić information content (AvgIpc) is 3.11. The monoisotopic (exact) mass is 331 g/mol. The summed E-state index contributed by atoms with van der Waals surface area (Å²) >= 11 is 1.55. The zero-order valence-corrected chi connectivity index (χ0v) is 14.1. The standard InChI is InChI=1S/C17H21N3O2S/c1-10(2)13-9-23-15(19-13)8-18-17(22)20-16-12-6-4-3-5-11(12)7-14(16)21/h3-6,9-10,14,16,21H,7-8H2,1-2H3,(H2,18,20,22). The van der Waals surface area contributed by atoms with E-state index in [0.29, 0.717) is 18.9 Å². The van der Waals surface area contributed by atoms with Gasteiger partial charge in [-0.3, -0.25) is 0 Å². The lowest BCUT2D eigenvalue weighted by atomic mass is 10.1. The molecule has 2 unspecified atom stereocenters. The van der Waals surface area contributed by atoms with E-state index in [-0.39, 0.29) is 12.1 Å². The molecule has 0 saturated carbocycles. The molecule has 0 aliphatic heterocycles. The molecule has 2 atom stereocenters. The van der Waals surface area contributed by atoms with Gasteiger partial charge in [0.2, 0.25) is 0 Å². The van der Waals surface area contributed by atoms with Crippen LogP contribution < -0.4 is 10.6 Å². The fraction of sp³-hybridized carbons (Fsp3) is 0.412. The van der Waals surface area contributed by atoms with E-state index in [0.717, 1.165) is 21.8 Å². The maximum atomic E-state index is 12.1. The van der Waals surface area contributed by atoms with E-state index < -0.39 is 6.10 Å². The quantitative estimate of drug-likeness (QED) is 0.806. The smallest absolute Gasteiger partial charge is 0.315 e. The molecule has 0 fully saturated rings. The highest BCUT2D eigenvalue weighted by Crippen LogP contribution is 2.31. The summed E-state index contributed by atoms with van der Waals surface area (Å²) in [6.45, 7) is 4.59. The second-order valence-electron chi connectivity index (χ2n) is 6.10. The van der Waals surface area contributed by atoms with Gasteiger partial charge >= 0.3 is 6.03 Å².